The highest BCUT2D eigenvalue weighted by Crippen LogP contribution is 1.99. The van der Waals surface area contributed by atoms with Crippen LogP contribution in [0.15, 0.2) is 0 Å². The number of nitrogens with zero attached hydrogens (tertiary/aromatic N) is 1. The fourth-order valence-corrected chi connectivity index (χ4v) is 0.843. The normalized spacial score (nSPS) is 11.3. The van der Waals surface area contributed by atoms with Gasteiger partial charge >= 0.3 is 6.03 Å². The van der Waals surface area contributed by atoms with Crippen LogP contribution >= 0.6 is 0 Å². The molecule has 0 saturated carbocycles. The van der Waals surface area contributed by atoms with Crippen LogP contribution in [0.4, 0.5) is 4.79 Å². The lowest BCUT2D eigenvalue weighted by Gasteiger charge is -2.12. The van der Waals surface area contributed by atoms with Crippen LogP contribution in [0, 0.1) is 11.3 Å². The minimum atomic E-state index is -0.791. The first-order valence-corrected chi connectivity index (χ1v) is 3.80. The van der Waals surface area contributed by atoms with Gasteiger partial charge < -0.3 is 16.8 Å². The van der Waals surface area contributed by atoms with Gasteiger partial charge in [0.2, 0.25) is 5.91 Å². The van der Waals surface area contributed by atoms with Gasteiger partial charge in [-0.15, -0.1) is 0 Å². The highest BCUT2D eigenvalue weighted by molar-refractivity contribution is 5.85. The molecule has 0 rings (SSSR count). The van der Waals surface area contributed by atoms with E-state index < -0.39 is 18.0 Å². The van der Waals surface area contributed by atoms with E-state index in [2.05, 4.69) is 5.32 Å². The predicted octanol–water partition coefficient (Wildman–Crippen LogP) is -0.798. The molecule has 0 aliphatic carbocycles. The molecule has 3 amide bonds. The van der Waals surface area contributed by atoms with Crippen molar-refractivity contribution in [1.29, 1.82) is 5.26 Å². The lowest BCUT2D eigenvalue weighted by molar-refractivity contribution is -0.119. The van der Waals surface area contributed by atoms with Gasteiger partial charge in [-0.1, -0.05) is 0 Å². The Bertz CT molecular complexity index is 233. The zero-order chi connectivity index (χ0) is 10.3. The SMILES string of the molecule is N#CCCCC(NC(N)=O)C(N)=O. The number of primary amides is 2. The smallest absolute Gasteiger partial charge is 0.312 e. The number of hydrogen-bond acceptors (Lipinski definition) is 3. The highest BCUT2D eigenvalue weighted by Gasteiger charge is 2.15. The number of urea groups is 1. The zero-order valence-corrected chi connectivity index (χ0v) is 7.12. The minimum Gasteiger partial charge on any atom is -0.368 e. The van der Waals surface area contributed by atoms with E-state index in [-0.39, 0.29) is 0 Å². The van der Waals surface area contributed by atoms with Gasteiger partial charge in [-0.25, -0.2) is 4.79 Å². The Morgan fingerprint density at radius 3 is 2.46 bits per heavy atom. The number of nitrogens with two attached hydrogens (primary N) is 2. The summed E-state index contributed by atoms with van der Waals surface area (Å²) in [6.07, 6.45) is 1.17. The Hall–Kier alpha value is -1.77. The van der Waals surface area contributed by atoms with Gasteiger partial charge in [-0.3, -0.25) is 4.79 Å². The molecule has 1 unspecified atom stereocenters. The van der Waals surface area contributed by atoms with Crippen molar-refractivity contribution in [2.45, 2.75) is 25.3 Å². The van der Waals surface area contributed by atoms with E-state index in [1.165, 1.54) is 0 Å². The van der Waals surface area contributed by atoms with Crippen LogP contribution in [0.1, 0.15) is 19.3 Å². The summed E-state index contributed by atoms with van der Waals surface area (Å²) in [7, 11) is 0. The number of nitriles is 1. The van der Waals surface area contributed by atoms with Gasteiger partial charge in [0.25, 0.3) is 0 Å². The molecule has 0 radical (unpaired) electrons. The topological polar surface area (TPSA) is 122 Å². The third kappa shape index (κ3) is 5.49. The van der Waals surface area contributed by atoms with Crippen molar-refractivity contribution in [1.82, 2.24) is 5.32 Å². The Labute approximate surface area is 75.9 Å². The van der Waals surface area contributed by atoms with Crippen molar-refractivity contribution >= 4 is 11.9 Å². The number of amides is 3. The molecule has 0 aliphatic rings. The summed E-state index contributed by atoms with van der Waals surface area (Å²) in [6, 6.07) is 0.356. The number of carbonyl (C=O) groups excluding carboxylic acids is 2. The van der Waals surface area contributed by atoms with Gasteiger partial charge in [0.05, 0.1) is 6.07 Å². The lowest BCUT2D eigenvalue weighted by atomic mass is 10.1. The summed E-state index contributed by atoms with van der Waals surface area (Å²) in [5.41, 5.74) is 9.79. The standard InChI is InChI=1S/C7H12N4O2/c8-4-2-1-3-5(6(9)12)11-7(10)13/h5H,1-3H2,(H2,9,12)(H3,10,11,13). The van der Waals surface area contributed by atoms with E-state index in [9.17, 15) is 9.59 Å². The van der Waals surface area contributed by atoms with Crippen LogP contribution < -0.4 is 16.8 Å². The first-order chi connectivity index (χ1) is 6.07. The lowest BCUT2D eigenvalue weighted by Crippen LogP contribution is -2.46. The third-order valence-electron chi connectivity index (χ3n) is 1.44. The molecular weight excluding hydrogens is 172 g/mol. The molecular formula is C7H12N4O2. The molecule has 5 N–H and O–H groups in total. The molecule has 0 heterocycles. The average Bonchev–Trinajstić information content (AvgIpc) is 2.02. The van der Waals surface area contributed by atoms with E-state index in [0.717, 1.165) is 0 Å². The molecule has 0 aromatic heterocycles. The maximum absolute atomic E-state index is 10.7. The van der Waals surface area contributed by atoms with E-state index in [1.54, 1.807) is 0 Å². The van der Waals surface area contributed by atoms with Crippen LogP contribution in [0.3, 0.4) is 0 Å². The number of rotatable bonds is 5. The van der Waals surface area contributed by atoms with Gasteiger partial charge in [-0.2, -0.15) is 5.26 Å². The summed E-state index contributed by atoms with van der Waals surface area (Å²) >= 11 is 0. The molecule has 0 bridgehead atoms. The predicted molar refractivity (Wildman–Crippen MR) is 45.2 cm³/mol. The highest BCUT2D eigenvalue weighted by atomic mass is 16.2. The second kappa shape index (κ2) is 5.83. The maximum Gasteiger partial charge on any atom is 0.312 e. The molecule has 13 heavy (non-hydrogen) atoms. The quantitative estimate of drug-likeness (QED) is 0.485. The van der Waals surface area contributed by atoms with E-state index >= 15 is 0 Å². The zero-order valence-electron chi connectivity index (χ0n) is 7.12. The van der Waals surface area contributed by atoms with E-state index in [4.69, 9.17) is 16.7 Å². The van der Waals surface area contributed by atoms with Gasteiger partial charge in [-0.05, 0) is 12.8 Å². The van der Waals surface area contributed by atoms with Gasteiger partial charge in [0.15, 0.2) is 0 Å². The molecule has 0 aromatic rings. The summed E-state index contributed by atoms with van der Waals surface area (Å²) in [4.78, 5) is 21.1. The Kier molecular flexibility index (Phi) is 5.03. The fourth-order valence-electron chi connectivity index (χ4n) is 0.843. The second-order valence-corrected chi connectivity index (χ2v) is 2.51. The van der Waals surface area contributed by atoms with Crippen molar-refractivity contribution in [2.75, 3.05) is 0 Å². The largest absolute Gasteiger partial charge is 0.368 e. The van der Waals surface area contributed by atoms with Crippen LogP contribution in [0.2, 0.25) is 0 Å². The fraction of sp³-hybridized carbons (Fsp3) is 0.571. The van der Waals surface area contributed by atoms with Gasteiger partial charge in [0.1, 0.15) is 6.04 Å². The number of nitrogens with one attached hydrogen (secondary N) is 1. The summed E-state index contributed by atoms with van der Waals surface area (Å²) in [5.74, 6) is -0.642. The first-order valence-electron chi connectivity index (χ1n) is 3.80. The monoisotopic (exact) mass is 184 g/mol. The maximum atomic E-state index is 10.7. The summed E-state index contributed by atoms with van der Waals surface area (Å²) in [6.45, 7) is 0. The van der Waals surface area contributed by atoms with Crippen molar-refractivity contribution in [3.8, 4) is 6.07 Å². The first kappa shape index (κ1) is 11.2. The number of hydrogen-bond donors (Lipinski definition) is 3. The van der Waals surface area contributed by atoms with Crippen molar-refractivity contribution in [3.05, 3.63) is 0 Å². The number of unbranched alkanes of at least 4 members (excludes halogenated alkanes) is 1. The third-order valence-corrected chi connectivity index (χ3v) is 1.44. The molecule has 6 heteroatoms. The molecule has 72 valence electrons. The minimum absolute atomic E-state index is 0.324. The van der Waals surface area contributed by atoms with Gasteiger partial charge in [0, 0.05) is 6.42 Å². The molecule has 1 atom stereocenters. The van der Waals surface area contributed by atoms with Crippen LogP contribution in [0.25, 0.3) is 0 Å². The van der Waals surface area contributed by atoms with Crippen molar-refractivity contribution in [3.63, 3.8) is 0 Å². The van der Waals surface area contributed by atoms with Crippen LogP contribution in [-0.2, 0) is 4.79 Å². The Morgan fingerprint density at radius 1 is 1.46 bits per heavy atom. The van der Waals surface area contributed by atoms with E-state index in [0.29, 0.717) is 19.3 Å². The van der Waals surface area contributed by atoms with E-state index in [1.807, 2.05) is 6.07 Å². The molecule has 0 saturated heterocycles. The summed E-state index contributed by atoms with van der Waals surface area (Å²) in [5, 5.41) is 10.4. The van der Waals surface area contributed by atoms with Crippen LogP contribution in [0.5, 0.6) is 0 Å². The molecule has 0 aromatic carbocycles. The molecule has 6 nitrogen and oxygen atoms in total. The Morgan fingerprint density at radius 2 is 2.08 bits per heavy atom. The second-order valence-electron chi connectivity index (χ2n) is 2.51. The average molecular weight is 184 g/mol. The Balaban J connectivity index is 3.89. The van der Waals surface area contributed by atoms with Crippen molar-refractivity contribution in [2.24, 2.45) is 11.5 Å². The number of carbonyl (C=O) groups is 2. The van der Waals surface area contributed by atoms with Crippen molar-refractivity contribution < 1.29 is 9.59 Å². The van der Waals surface area contributed by atoms with Crippen LogP contribution in [-0.4, -0.2) is 18.0 Å². The molecule has 0 spiro atoms. The molecule has 0 aliphatic heterocycles. The molecule has 0 fully saturated rings. The summed E-state index contributed by atoms with van der Waals surface area (Å²) < 4.78 is 0.